The van der Waals surface area contributed by atoms with Crippen LogP contribution >= 0.6 is 11.8 Å². The molecule has 11 heteroatoms. The van der Waals surface area contributed by atoms with Crippen LogP contribution in [0.5, 0.6) is 0 Å². The van der Waals surface area contributed by atoms with E-state index in [-0.39, 0.29) is 23.5 Å². The number of sulfonamides is 1. The summed E-state index contributed by atoms with van der Waals surface area (Å²) in [4.78, 5) is 16.3. The van der Waals surface area contributed by atoms with Crippen molar-refractivity contribution in [3.63, 3.8) is 0 Å². The van der Waals surface area contributed by atoms with Crippen molar-refractivity contribution >= 4 is 33.6 Å². The van der Waals surface area contributed by atoms with Crippen molar-refractivity contribution in [2.75, 3.05) is 24.7 Å². The molecule has 1 aliphatic heterocycles. The predicted octanol–water partition coefficient (Wildman–Crippen LogP) is 1.24. The number of H-pyrrole nitrogens is 1. The largest absolute Gasteiger partial charge is 0.377 e. The summed E-state index contributed by atoms with van der Waals surface area (Å²) in [6, 6.07) is 5.67. The lowest BCUT2D eigenvalue weighted by Crippen LogP contribution is -2.31. The molecule has 1 amide bonds. The Labute approximate surface area is 155 Å². The molecule has 0 unspecified atom stereocenters. The van der Waals surface area contributed by atoms with Gasteiger partial charge in [0.1, 0.15) is 0 Å². The van der Waals surface area contributed by atoms with Gasteiger partial charge in [-0.25, -0.2) is 18.2 Å². The number of ether oxygens (including phenoxy) is 1. The van der Waals surface area contributed by atoms with Crippen LogP contribution in [-0.2, 0) is 14.8 Å². The van der Waals surface area contributed by atoms with Crippen LogP contribution in [0.2, 0.25) is 0 Å². The zero-order valence-electron chi connectivity index (χ0n) is 14.1. The Hall–Kier alpha value is -1.95. The minimum Gasteiger partial charge on any atom is -0.377 e. The first-order valence-electron chi connectivity index (χ1n) is 7.97. The van der Waals surface area contributed by atoms with Crippen LogP contribution in [0.4, 0.5) is 5.95 Å². The van der Waals surface area contributed by atoms with E-state index in [9.17, 15) is 13.2 Å². The number of thioether (sulfide) groups is 1. The molecule has 1 saturated heterocycles. The van der Waals surface area contributed by atoms with Gasteiger partial charge in [-0.15, -0.1) is 5.10 Å². The second-order valence-corrected chi connectivity index (χ2v) is 8.18. The van der Waals surface area contributed by atoms with Gasteiger partial charge in [-0.1, -0.05) is 11.8 Å². The summed E-state index contributed by atoms with van der Waals surface area (Å²) < 4.78 is 32.6. The number of anilines is 1. The number of hydrogen-bond acceptors (Lipinski definition) is 7. The second-order valence-electron chi connectivity index (χ2n) is 5.64. The van der Waals surface area contributed by atoms with Gasteiger partial charge in [0.15, 0.2) is 0 Å². The summed E-state index contributed by atoms with van der Waals surface area (Å²) in [6.45, 7) is 0.910. The summed E-state index contributed by atoms with van der Waals surface area (Å²) in [7, 11) is -3.64. The maximum Gasteiger partial charge on any atom is 0.258 e. The number of hydrogen-bond donors (Lipinski definition) is 3. The van der Waals surface area contributed by atoms with Gasteiger partial charge in [0.2, 0.25) is 21.1 Å². The monoisotopic (exact) mass is 397 g/mol. The summed E-state index contributed by atoms with van der Waals surface area (Å²) in [5, 5.41) is 9.58. The predicted molar refractivity (Wildman–Crippen MR) is 96.7 cm³/mol. The standard InChI is InChI=1S/C15H19N5O4S2/c1-25-15-18-14(19-20-15)17-13(21)10-4-6-12(7-5-10)26(22,23)16-9-11-3-2-8-24-11/h4-7,11,16H,2-3,8-9H2,1H3,(H2,17,18,19,20,21)/t11-/m1/s1. The Morgan fingerprint density at radius 1 is 1.38 bits per heavy atom. The van der Waals surface area contributed by atoms with Crippen molar-refractivity contribution in [2.24, 2.45) is 0 Å². The number of amides is 1. The number of aromatic nitrogens is 3. The fourth-order valence-electron chi connectivity index (χ4n) is 2.45. The average molecular weight is 397 g/mol. The van der Waals surface area contributed by atoms with Crippen molar-refractivity contribution in [2.45, 2.75) is 29.0 Å². The Morgan fingerprint density at radius 3 is 2.77 bits per heavy atom. The minimum absolute atomic E-state index is 0.0806. The van der Waals surface area contributed by atoms with E-state index < -0.39 is 15.9 Å². The van der Waals surface area contributed by atoms with Crippen LogP contribution in [0.25, 0.3) is 0 Å². The van der Waals surface area contributed by atoms with E-state index in [0.717, 1.165) is 12.8 Å². The third kappa shape index (κ3) is 4.61. The Bertz CT molecular complexity index is 860. The highest BCUT2D eigenvalue weighted by molar-refractivity contribution is 7.98. The van der Waals surface area contributed by atoms with Crippen LogP contribution in [0.3, 0.4) is 0 Å². The zero-order chi connectivity index (χ0) is 18.6. The highest BCUT2D eigenvalue weighted by Crippen LogP contribution is 2.15. The van der Waals surface area contributed by atoms with Crippen molar-refractivity contribution in [3.8, 4) is 0 Å². The number of nitrogens with zero attached hydrogens (tertiary/aromatic N) is 2. The number of nitrogens with one attached hydrogen (secondary N) is 3. The first-order chi connectivity index (χ1) is 12.5. The van der Waals surface area contributed by atoms with Crippen LogP contribution in [0, 0.1) is 0 Å². The lowest BCUT2D eigenvalue weighted by atomic mass is 10.2. The lowest BCUT2D eigenvalue weighted by Gasteiger charge is -2.11. The molecule has 1 aromatic carbocycles. The second kappa shape index (κ2) is 8.16. The lowest BCUT2D eigenvalue weighted by molar-refractivity contribution is 0.102. The first kappa shape index (κ1) is 18.8. The molecule has 3 N–H and O–H groups in total. The number of carbonyl (C=O) groups is 1. The molecule has 0 saturated carbocycles. The zero-order valence-corrected chi connectivity index (χ0v) is 15.7. The van der Waals surface area contributed by atoms with Crippen molar-refractivity contribution in [1.29, 1.82) is 0 Å². The van der Waals surface area contributed by atoms with Gasteiger partial charge in [-0.2, -0.15) is 4.98 Å². The quantitative estimate of drug-likeness (QED) is 0.600. The van der Waals surface area contributed by atoms with Gasteiger partial charge in [-0.3, -0.25) is 10.1 Å². The molecule has 1 fully saturated rings. The van der Waals surface area contributed by atoms with Crippen molar-refractivity contribution in [3.05, 3.63) is 29.8 Å². The van der Waals surface area contributed by atoms with E-state index in [0.29, 0.717) is 17.3 Å². The molecule has 140 valence electrons. The molecule has 1 aliphatic rings. The number of aromatic amines is 1. The molecule has 1 aromatic heterocycles. The molecule has 0 radical (unpaired) electrons. The van der Waals surface area contributed by atoms with Gasteiger partial charge >= 0.3 is 0 Å². The smallest absolute Gasteiger partial charge is 0.258 e. The number of carbonyl (C=O) groups excluding carboxylic acids is 1. The highest BCUT2D eigenvalue weighted by atomic mass is 32.2. The number of rotatable bonds is 7. The van der Waals surface area contributed by atoms with Crippen LogP contribution in [-0.4, -0.2) is 55.0 Å². The molecule has 3 rings (SSSR count). The Kier molecular flexibility index (Phi) is 5.91. The van der Waals surface area contributed by atoms with Gasteiger partial charge in [0.25, 0.3) is 5.91 Å². The molecular weight excluding hydrogens is 378 g/mol. The maximum atomic E-state index is 12.3. The highest BCUT2D eigenvalue weighted by Gasteiger charge is 2.20. The SMILES string of the molecule is CSc1n[nH]c(NC(=O)c2ccc(S(=O)(=O)NC[C@H]3CCCO3)cc2)n1. The van der Waals surface area contributed by atoms with Crippen LogP contribution in [0.15, 0.2) is 34.3 Å². The van der Waals surface area contributed by atoms with Crippen molar-refractivity contribution in [1.82, 2.24) is 19.9 Å². The molecule has 1 atom stereocenters. The summed E-state index contributed by atoms with van der Waals surface area (Å²) >= 11 is 1.34. The molecular formula is C15H19N5O4S2. The third-order valence-electron chi connectivity index (χ3n) is 3.83. The average Bonchev–Trinajstić information content (AvgIpc) is 3.32. The fraction of sp³-hybridized carbons (Fsp3) is 0.400. The summed E-state index contributed by atoms with van der Waals surface area (Å²) in [6.07, 6.45) is 3.53. The molecule has 0 bridgehead atoms. The fourth-order valence-corrected chi connectivity index (χ4v) is 3.84. The van der Waals surface area contributed by atoms with Gasteiger partial charge < -0.3 is 4.74 Å². The maximum absolute atomic E-state index is 12.3. The van der Waals surface area contributed by atoms with E-state index >= 15 is 0 Å². The summed E-state index contributed by atoms with van der Waals surface area (Å²) in [5.41, 5.74) is 0.310. The molecule has 2 heterocycles. The molecule has 2 aromatic rings. The normalized spacial score (nSPS) is 17.3. The van der Waals surface area contributed by atoms with Crippen LogP contribution in [0.1, 0.15) is 23.2 Å². The number of benzene rings is 1. The van der Waals surface area contributed by atoms with E-state index in [1.165, 1.54) is 36.0 Å². The topological polar surface area (TPSA) is 126 Å². The molecule has 0 spiro atoms. The summed E-state index contributed by atoms with van der Waals surface area (Å²) in [5.74, 6) is -0.181. The van der Waals surface area contributed by atoms with Gasteiger partial charge in [-0.05, 0) is 43.4 Å². The van der Waals surface area contributed by atoms with E-state index in [1.54, 1.807) is 0 Å². The van der Waals surface area contributed by atoms with Gasteiger partial charge in [0, 0.05) is 18.7 Å². The Morgan fingerprint density at radius 2 is 2.15 bits per heavy atom. The van der Waals surface area contributed by atoms with E-state index in [2.05, 4.69) is 25.2 Å². The molecule has 9 nitrogen and oxygen atoms in total. The first-order valence-corrected chi connectivity index (χ1v) is 10.7. The van der Waals surface area contributed by atoms with E-state index in [4.69, 9.17) is 4.74 Å². The van der Waals surface area contributed by atoms with E-state index in [1.807, 2.05) is 6.26 Å². The third-order valence-corrected chi connectivity index (χ3v) is 5.82. The molecule has 0 aliphatic carbocycles. The van der Waals surface area contributed by atoms with Crippen molar-refractivity contribution < 1.29 is 17.9 Å². The Balaban J connectivity index is 1.62. The molecule has 26 heavy (non-hydrogen) atoms. The minimum atomic E-state index is -3.64. The van der Waals surface area contributed by atoms with Gasteiger partial charge in [0.05, 0.1) is 11.0 Å². The van der Waals surface area contributed by atoms with Crippen LogP contribution < -0.4 is 10.0 Å².